The van der Waals surface area contributed by atoms with E-state index in [1.54, 1.807) is 0 Å². The molecule has 0 aromatic heterocycles. The van der Waals surface area contributed by atoms with E-state index in [4.69, 9.17) is 16.3 Å². The fourth-order valence-corrected chi connectivity index (χ4v) is 2.08. The second-order valence-electron chi connectivity index (χ2n) is 3.83. The van der Waals surface area contributed by atoms with E-state index >= 15 is 0 Å². The van der Waals surface area contributed by atoms with E-state index in [2.05, 4.69) is 0 Å². The molecule has 0 aliphatic carbocycles. The lowest BCUT2D eigenvalue weighted by Gasteiger charge is -2.16. The van der Waals surface area contributed by atoms with Crippen LogP contribution in [0.4, 0.5) is 4.39 Å². The van der Waals surface area contributed by atoms with E-state index in [1.807, 2.05) is 26.8 Å². The molecule has 16 heavy (non-hydrogen) atoms. The molecule has 1 nitrogen and oxygen atoms in total. The lowest BCUT2D eigenvalue weighted by Crippen LogP contribution is -2.02. The van der Waals surface area contributed by atoms with Gasteiger partial charge in [-0.2, -0.15) is 0 Å². The lowest BCUT2D eigenvalue weighted by atomic mass is 9.99. The molecule has 0 radical (unpaired) electrons. The van der Waals surface area contributed by atoms with Crippen LogP contribution in [-0.2, 0) is 6.42 Å². The maximum Gasteiger partial charge on any atom is 0.125 e. The molecule has 1 aromatic carbocycles. The molecule has 0 unspecified atom stereocenters. The molecular formula is C13H18ClFO. The van der Waals surface area contributed by atoms with Gasteiger partial charge in [0, 0.05) is 5.02 Å². The van der Waals surface area contributed by atoms with Crippen molar-refractivity contribution in [3.05, 3.63) is 27.8 Å². The molecule has 1 aromatic rings. The van der Waals surface area contributed by atoms with Crippen molar-refractivity contribution in [3.8, 4) is 5.75 Å². The molecule has 0 heterocycles. The fourth-order valence-electron chi connectivity index (χ4n) is 1.81. The van der Waals surface area contributed by atoms with Gasteiger partial charge in [0.15, 0.2) is 0 Å². The summed E-state index contributed by atoms with van der Waals surface area (Å²) in [5.74, 6) is 0.873. The highest BCUT2D eigenvalue weighted by Gasteiger charge is 2.13. The molecule has 0 amide bonds. The van der Waals surface area contributed by atoms with Crippen LogP contribution in [0.3, 0.4) is 0 Å². The zero-order valence-corrected chi connectivity index (χ0v) is 10.8. The average Bonchev–Trinajstić information content (AvgIpc) is 2.25. The van der Waals surface area contributed by atoms with Gasteiger partial charge in [-0.3, -0.25) is 4.39 Å². The van der Waals surface area contributed by atoms with Gasteiger partial charge in [-0.05, 0) is 56.4 Å². The molecule has 0 bridgehead atoms. The highest BCUT2D eigenvalue weighted by atomic mass is 35.5. The SMILES string of the molecule is CCOc1c(C)cc(Cl)c(C)c1CCCF. The lowest BCUT2D eigenvalue weighted by molar-refractivity contribution is 0.333. The molecule has 0 atom stereocenters. The van der Waals surface area contributed by atoms with E-state index in [1.165, 1.54) is 0 Å². The summed E-state index contributed by atoms with van der Waals surface area (Å²) in [5.41, 5.74) is 3.07. The third-order valence-corrected chi connectivity index (χ3v) is 3.03. The standard InChI is InChI=1S/C13H18ClFO/c1-4-16-13-9(2)8-12(14)10(3)11(13)6-5-7-15/h8H,4-7H2,1-3H3. The quantitative estimate of drug-likeness (QED) is 0.752. The number of ether oxygens (including phenoxy) is 1. The number of alkyl halides is 1. The monoisotopic (exact) mass is 244 g/mol. The van der Waals surface area contributed by atoms with Crippen LogP contribution >= 0.6 is 11.6 Å². The second-order valence-corrected chi connectivity index (χ2v) is 4.24. The number of hydrogen-bond acceptors (Lipinski definition) is 1. The molecular weight excluding hydrogens is 227 g/mol. The van der Waals surface area contributed by atoms with Crippen LogP contribution in [0, 0.1) is 13.8 Å². The Balaban J connectivity index is 3.16. The first-order valence-electron chi connectivity index (χ1n) is 5.59. The summed E-state index contributed by atoms with van der Waals surface area (Å²) in [7, 11) is 0. The first-order valence-corrected chi connectivity index (χ1v) is 5.97. The zero-order valence-electron chi connectivity index (χ0n) is 10.1. The summed E-state index contributed by atoms with van der Waals surface area (Å²) in [6, 6.07) is 1.90. The molecule has 3 heteroatoms. The largest absolute Gasteiger partial charge is 0.493 e. The van der Waals surface area contributed by atoms with E-state index in [0.717, 1.165) is 27.5 Å². The third kappa shape index (κ3) is 2.88. The van der Waals surface area contributed by atoms with Crippen molar-refractivity contribution in [1.82, 2.24) is 0 Å². The van der Waals surface area contributed by atoms with E-state index < -0.39 is 0 Å². The normalized spacial score (nSPS) is 10.6. The molecule has 0 saturated heterocycles. The molecule has 0 aliphatic rings. The van der Waals surface area contributed by atoms with Crippen molar-refractivity contribution in [1.29, 1.82) is 0 Å². The number of halogens is 2. The van der Waals surface area contributed by atoms with Gasteiger partial charge in [0.2, 0.25) is 0 Å². The Labute approximate surface area is 102 Å². The summed E-state index contributed by atoms with van der Waals surface area (Å²) >= 11 is 6.12. The van der Waals surface area contributed by atoms with Crippen LogP contribution < -0.4 is 4.74 Å². The number of rotatable bonds is 5. The first kappa shape index (κ1) is 13.3. The maximum absolute atomic E-state index is 12.3. The highest BCUT2D eigenvalue weighted by molar-refractivity contribution is 6.31. The Morgan fingerprint density at radius 1 is 1.38 bits per heavy atom. The summed E-state index contributed by atoms with van der Waals surface area (Å²) in [4.78, 5) is 0. The van der Waals surface area contributed by atoms with Crippen molar-refractivity contribution in [3.63, 3.8) is 0 Å². The Morgan fingerprint density at radius 2 is 2.06 bits per heavy atom. The second kappa shape index (κ2) is 6.09. The van der Waals surface area contributed by atoms with E-state index in [-0.39, 0.29) is 6.67 Å². The van der Waals surface area contributed by atoms with Gasteiger partial charge in [0.25, 0.3) is 0 Å². The van der Waals surface area contributed by atoms with Crippen molar-refractivity contribution in [2.75, 3.05) is 13.3 Å². The van der Waals surface area contributed by atoms with Gasteiger partial charge in [0.05, 0.1) is 13.3 Å². The van der Waals surface area contributed by atoms with Crippen molar-refractivity contribution < 1.29 is 9.13 Å². The topological polar surface area (TPSA) is 9.23 Å². The molecule has 0 aliphatic heterocycles. The van der Waals surface area contributed by atoms with Gasteiger partial charge < -0.3 is 4.74 Å². The van der Waals surface area contributed by atoms with E-state index in [0.29, 0.717) is 19.4 Å². The molecule has 0 saturated carbocycles. The van der Waals surface area contributed by atoms with Crippen LogP contribution in [0.5, 0.6) is 5.75 Å². The molecule has 1 rings (SSSR count). The van der Waals surface area contributed by atoms with Crippen molar-refractivity contribution in [2.24, 2.45) is 0 Å². The van der Waals surface area contributed by atoms with Crippen LogP contribution in [0.25, 0.3) is 0 Å². The minimum Gasteiger partial charge on any atom is -0.493 e. The van der Waals surface area contributed by atoms with Gasteiger partial charge in [-0.25, -0.2) is 0 Å². The maximum atomic E-state index is 12.3. The zero-order chi connectivity index (χ0) is 12.1. The Hall–Kier alpha value is -0.760. The van der Waals surface area contributed by atoms with Crippen molar-refractivity contribution >= 4 is 11.6 Å². The predicted octanol–water partition coefficient (Wildman–Crippen LogP) is 4.26. The molecule has 90 valence electrons. The molecule has 0 N–H and O–H groups in total. The Kier molecular flexibility index (Phi) is 5.07. The first-order chi connectivity index (χ1) is 7.61. The van der Waals surface area contributed by atoms with Crippen molar-refractivity contribution in [2.45, 2.75) is 33.6 Å². The minimum absolute atomic E-state index is 0.309. The van der Waals surface area contributed by atoms with Crippen LogP contribution in [0.1, 0.15) is 30.0 Å². The summed E-state index contributed by atoms with van der Waals surface area (Å²) in [6.45, 7) is 6.18. The molecule has 0 fully saturated rings. The number of benzene rings is 1. The van der Waals surface area contributed by atoms with E-state index in [9.17, 15) is 4.39 Å². The fraction of sp³-hybridized carbons (Fsp3) is 0.538. The van der Waals surface area contributed by atoms with Gasteiger partial charge in [-0.1, -0.05) is 11.6 Å². The number of aryl methyl sites for hydroxylation is 1. The number of hydrogen-bond donors (Lipinski definition) is 0. The van der Waals surface area contributed by atoms with Crippen LogP contribution in [-0.4, -0.2) is 13.3 Å². The molecule has 0 spiro atoms. The predicted molar refractivity (Wildman–Crippen MR) is 66.4 cm³/mol. The summed E-state index contributed by atoms with van der Waals surface area (Å²) in [5, 5.41) is 0.731. The summed E-state index contributed by atoms with van der Waals surface area (Å²) in [6.07, 6.45) is 1.19. The Morgan fingerprint density at radius 3 is 2.62 bits per heavy atom. The van der Waals surface area contributed by atoms with Crippen LogP contribution in [0.15, 0.2) is 6.07 Å². The average molecular weight is 245 g/mol. The van der Waals surface area contributed by atoms with Gasteiger partial charge >= 0.3 is 0 Å². The minimum atomic E-state index is -0.309. The third-order valence-electron chi connectivity index (χ3n) is 2.64. The highest BCUT2D eigenvalue weighted by Crippen LogP contribution is 2.33. The Bertz CT molecular complexity index is 363. The smallest absolute Gasteiger partial charge is 0.125 e. The summed E-state index contributed by atoms with van der Waals surface area (Å²) < 4.78 is 17.9. The van der Waals surface area contributed by atoms with Gasteiger partial charge in [0.1, 0.15) is 5.75 Å². The van der Waals surface area contributed by atoms with Gasteiger partial charge in [-0.15, -0.1) is 0 Å². The van der Waals surface area contributed by atoms with Crippen LogP contribution in [0.2, 0.25) is 5.02 Å².